The van der Waals surface area contributed by atoms with Gasteiger partial charge in [0.25, 0.3) is 5.91 Å². The third kappa shape index (κ3) is 3.08. The van der Waals surface area contributed by atoms with Gasteiger partial charge in [-0.2, -0.15) is 5.10 Å². The summed E-state index contributed by atoms with van der Waals surface area (Å²) in [5, 5.41) is 6.78. The van der Waals surface area contributed by atoms with E-state index < -0.39 is 15.3 Å². The summed E-state index contributed by atoms with van der Waals surface area (Å²) in [5.41, 5.74) is 0.780. The van der Waals surface area contributed by atoms with Crippen molar-refractivity contribution in [3.05, 3.63) is 47.8 Å². The first-order valence-corrected chi connectivity index (χ1v) is 9.79. The lowest BCUT2D eigenvalue weighted by molar-refractivity contribution is 0.0645. The molecular weight excluding hydrogens is 326 g/mol. The number of aromatic nitrogens is 2. The summed E-state index contributed by atoms with van der Waals surface area (Å²) in [6, 6.07) is 9.15. The summed E-state index contributed by atoms with van der Waals surface area (Å²) in [4.78, 5) is 14.7. The van der Waals surface area contributed by atoms with Crippen LogP contribution < -0.4 is 0 Å². The second kappa shape index (κ2) is 6.05. The summed E-state index contributed by atoms with van der Waals surface area (Å²) in [6.45, 7) is 3.12. The summed E-state index contributed by atoms with van der Waals surface area (Å²) in [5.74, 6) is -0.0260. The molecule has 1 amide bonds. The van der Waals surface area contributed by atoms with Crippen LogP contribution in [0.15, 0.2) is 41.4 Å². The summed E-state index contributed by atoms with van der Waals surface area (Å²) >= 11 is 0. The van der Waals surface area contributed by atoms with Crippen molar-refractivity contribution in [2.45, 2.75) is 30.1 Å². The zero-order valence-electron chi connectivity index (χ0n) is 13.8. The van der Waals surface area contributed by atoms with E-state index in [0.717, 1.165) is 12.8 Å². The predicted molar refractivity (Wildman–Crippen MR) is 90.6 cm³/mol. The lowest BCUT2D eigenvalue weighted by Gasteiger charge is -2.40. The summed E-state index contributed by atoms with van der Waals surface area (Å²) in [6.07, 6.45) is 4.15. The fourth-order valence-corrected chi connectivity index (χ4v) is 4.28. The molecule has 1 aliphatic heterocycles. The molecule has 0 radical (unpaired) electrons. The Balaban J connectivity index is 1.90. The lowest BCUT2D eigenvalue weighted by atomic mass is 9.79. The smallest absolute Gasteiger partial charge is 0.253 e. The number of likely N-dealkylation sites (tertiary alicyclic amines) is 1. The number of nitrogens with one attached hydrogen (secondary N) is 1. The quantitative estimate of drug-likeness (QED) is 0.920. The number of nitrogens with zero attached hydrogens (tertiary/aromatic N) is 2. The molecule has 1 aliphatic rings. The van der Waals surface area contributed by atoms with Crippen LogP contribution in [0.5, 0.6) is 0 Å². The zero-order valence-corrected chi connectivity index (χ0v) is 14.6. The van der Waals surface area contributed by atoms with Crippen LogP contribution in [0.25, 0.3) is 0 Å². The van der Waals surface area contributed by atoms with Crippen LogP contribution in [0.1, 0.15) is 35.8 Å². The Bertz CT molecular complexity index is 845. The number of rotatable bonds is 3. The molecule has 0 unspecified atom stereocenters. The van der Waals surface area contributed by atoms with Gasteiger partial charge in [-0.3, -0.25) is 9.89 Å². The molecule has 2 heterocycles. The van der Waals surface area contributed by atoms with Crippen molar-refractivity contribution in [2.75, 3.05) is 19.3 Å². The number of carbonyl (C=O) groups excluding carboxylic acids is 1. The van der Waals surface area contributed by atoms with Crippen molar-refractivity contribution in [3.8, 4) is 0 Å². The van der Waals surface area contributed by atoms with E-state index in [1.165, 1.54) is 12.5 Å². The van der Waals surface area contributed by atoms with Gasteiger partial charge in [-0.25, -0.2) is 8.42 Å². The highest BCUT2D eigenvalue weighted by atomic mass is 32.2. The minimum absolute atomic E-state index is 0.0260. The van der Waals surface area contributed by atoms with E-state index in [4.69, 9.17) is 0 Å². The zero-order chi connectivity index (χ0) is 17.4. The van der Waals surface area contributed by atoms with Gasteiger partial charge in [-0.05, 0) is 25.0 Å². The maximum absolute atomic E-state index is 12.7. The molecular formula is C17H21N3O3S. The average molecular weight is 347 g/mol. The predicted octanol–water partition coefficient (Wildman–Crippen LogP) is 2.01. The minimum Gasteiger partial charge on any atom is -0.338 e. The van der Waals surface area contributed by atoms with Crippen LogP contribution in [0.3, 0.4) is 0 Å². The van der Waals surface area contributed by atoms with Gasteiger partial charge >= 0.3 is 0 Å². The SMILES string of the molecule is C[C@@]1(c2[nH]ncc2S(C)(=O)=O)CCCN(C(=O)c2ccccc2)C1. The number of H-pyrrole nitrogens is 1. The van der Waals surface area contributed by atoms with Crippen LogP contribution in [0, 0.1) is 0 Å². The minimum atomic E-state index is -3.36. The largest absolute Gasteiger partial charge is 0.338 e. The third-order valence-corrected chi connectivity index (χ3v) is 5.72. The molecule has 1 aromatic carbocycles. The number of amides is 1. The Kier molecular flexibility index (Phi) is 4.21. The van der Waals surface area contributed by atoms with E-state index in [1.807, 2.05) is 25.1 Å². The Hall–Kier alpha value is -2.15. The van der Waals surface area contributed by atoms with Crippen LogP contribution in [-0.2, 0) is 15.3 Å². The molecule has 1 atom stereocenters. The fourth-order valence-electron chi connectivity index (χ4n) is 3.37. The number of carbonyl (C=O) groups is 1. The molecule has 2 aromatic rings. The van der Waals surface area contributed by atoms with Crippen molar-refractivity contribution in [3.63, 3.8) is 0 Å². The number of sulfone groups is 1. The molecule has 0 aliphatic carbocycles. The standard InChI is InChI=1S/C17H21N3O3S/c1-17(15-14(11-18-19-15)24(2,22)23)9-6-10-20(12-17)16(21)13-7-4-3-5-8-13/h3-5,7-8,11H,6,9-10,12H2,1-2H3,(H,18,19)/t17-/m1/s1. The number of hydrogen-bond acceptors (Lipinski definition) is 4. The Morgan fingerprint density at radius 2 is 2.00 bits per heavy atom. The van der Waals surface area contributed by atoms with E-state index in [0.29, 0.717) is 24.3 Å². The molecule has 0 bridgehead atoms. The Morgan fingerprint density at radius 3 is 2.67 bits per heavy atom. The van der Waals surface area contributed by atoms with E-state index in [1.54, 1.807) is 17.0 Å². The Morgan fingerprint density at radius 1 is 1.29 bits per heavy atom. The van der Waals surface area contributed by atoms with Gasteiger partial charge in [0.05, 0.1) is 11.9 Å². The van der Waals surface area contributed by atoms with Gasteiger partial charge in [-0.15, -0.1) is 0 Å². The van der Waals surface area contributed by atoms with Crippen molar-refractivity contribution in [2.24, 2.45) is 0 Å². The van der Waals surface area contributed by atoms with Crippen LogP contribution in [0.2, 0.25) is 0 Å². The van der Waals surface area contributed by atoms with E-state index >= 15 is 0 Å². The Labute approximate surface area is 141 Å². The van der Waals surface area contributed by atoms with Crippen LogP contribution in [-0.4, -0.2) is 48.8 Å². The second-order valence-electron chi connectivity index (χ2n) is 6.64. The first kappa shape index (κ1) is 16.7. The molecule has 128 valence electrons. The maximum atomic E-state index is 12.7. The topological polar surface area (TPSA) is 83.1 Å². The van der Waals surface area contributed by atoms with Crippen LogP contribution in [0.4, 0.5) is 0 Å². The molecule has 0 spiro atoms. The van der Waals surface area contributed by atoms with Gasteiger partial charge in [0.1, 0.15) is 4.90 Å². The number of hydrogen-bond donors (Lipinski definition) is 1. The van der Waals surface area contributed by atoms with E-state index in [-0.39, 0.29) is 10.8 Å². The highest BCUT2D eigenvalue weighted by molar-refractivity contribution is 7.90. The van der Waals surface area contributed by atoms with Crippen molar-refractivity contribution in [1.82, 2.24) is 15.1 Å². The number of aromatic amines is 1. The van der Waals surface area contributed by atoms with Gasteiger partial charge in [0, 0.05) is 30.3 Å². The number of piperidine rings is 1. The summed E-state index contributed by atoms with van der Waals surface area (Å²) < 4.78 is 24.0. The van der Waals surface area contributed by atoms with Gasteiger partial charge in [-0.1, -0.05) is 25.1 Å². The summed E-state index contributed by atoms with van der Waals surface area (Å²) in [7, 11) is -3.36. The molecule has 1 aromatic heterocycles. The molecule has 3 rings (SSSR count). The van der Waals surface area contributed by atoms with E-state index in [9.17, 15) is 13.2 Å². The first-order valence-electron chi connectivity index (χ1n) is 7.89. The fraction of sp³-hybridized carbons (Fsp3) is 0.412. The van der Waals surface area contributed by atoms with Crippen LogP contribution >= 0.6 is 0 Å². The van der Waals surface area contributed by atoms with Crippen molar-refractivity contribution in [1.29, 1.82) is 0 Å². The van der Waals surface area contributed by atoms with E-state index in [2.05, 4.69) is 10.2 Å². The van der Waals surface area contributed by atoms with Gasteiger partial charge < -0.3 is 4.90 Å². The molecule has 6 nitrogen and oxygen atoms in total. The monoisotopic (exact) mass is 347 g/mol. The lowest BCUT2D eigenvalue weighted by Crippen LogP contribution is -2.47. The average Bonchev–Trinajstić information content (AvgIpc) is 3.06. The maximum Gasteiger partial charge on any atom is 0.253 e. The van der Waals surface area contributed by atoms with Crippen molar-refractivity contribution >= 4 is 15.7 Å². The molecule has 1 N–H and O–H groups in total. The first-order chi connectivity index (χ1) is 11.3. The number of benzene rings is 1. The van der Waals surface area contributed by atoms with Gasteiger partial charge in [0.15, 0.2) is 9.84 Å². The molecule has 1 fully saturated rings. The molecule has 24 heavy (non-hydrogen) atoms. The second-order valence-corrected chi connectivity index (χ2v) is 8.62. The van der Waals surface area contributed by atoms with Crippen molar-refractivity contribution < 1.29 is 13.2 Å². The normalized spacial score (nSPS) is 21.7. The molecule has 1 saturated heterocycles. The molecule has 0 saturated carbocycles. The third-order valence-electron chi connectivity index (χ3n) is 4.61. The highest BCUT2D eigenvalue weighted by Gasteiger charge is 2.39. The van der Waals surface area contributed by atoms with Gasteiger partial charge in [0.2, 0.25) is 0 Å². The molecule has 7 heteroatoms. The highest BCUT2D eigenvalue weighted by Crippen LogP contribution is 2.36.